The SMILES string of the molecule is CCCCCCCCOSCC[P+](O)(O)O. The Bertz CT molecular complexity index is 152. The predicted octanol–water partition coefficient (Wildman–Crippen LogP) is 2.75. The van der Waals surface area contributed by atoms with Crippen LogP contribution in [0.1, 0.15) is 45.4 Å². The molecular formula is C10H24O4PS+. The topological polar surface area (TPSA) is 69.9 Å². The molecule has 0 spiro atoms. The van der Waals surface area contributed by atoms with Gasteiger partial charge in [0.25, 0.3) is 0 Å². The van der Waals surface area contributed by atoms with Gasteiger partial charge in [-0.25, -0.2) is 0 Å². The van der Waals surface area contributed by atoms with Crippen LogP contribution >= 0.6 is 20.0 Å². The zero-order valence-electron chi connectivity index (χ0n) is 9.97. The van der Waals surface area contributed by atoms with Crippen LogP contribution in [-0.4, -0.2) is 33.2 Å². The van der Waals surface area contributed by atoms with Crippen LogP contribution in [0.3, 0.4) is 0 Å². The smallest absolute Gasteiger partial charge is 0.315 e. The van der Waals surface area contributed by atoms with Crippen molar-refractivity contribution in [2.75, 3.05) is 18.5 Å². The van der Waals surface area contributed by atoms with E-state index < -0.39 is 7.94 Å². The molecule has 0 amide bonds. The fourth-order valence-corrected chi connectivity index (χ4v) is 2.85. The van der Waals surface area contributed by atoms with E-state index in [0.717, 1.165) is 6.42 Å². The third-order valence-corrected chi connectivity index (χ3v) is 3.97. The summed E-state index contributed by atoms with van der Waals surface area (Å²) < 4.78 is 5.24. The van der Waals surface area contributed by atoms with Crippen molar-refractivity contribution in [2.24, 2.45) is 0 Å². The minimum atomic E-state index is -3.59. The van der Waals surface area contributed by atoms with Gasteiger partial charge in [0.15, 0.2) is 6.16 Å². The van der Waals surface area contributed by atoms with Gasteiger partial charge in [0, 0.05) is 0 Å². The molecule has 16 heavy (non-hydrogen) atoms. The van der Waals surface area contributed by atoms with E-state index in [1.165, 1.54) is 44.1 Å². The summed E-state index contributed by atoms with van der Waals surface area (Å²) in [5.74, 6) is 0.424. The van der Waals surface area contributed by atoms with E-state index in [-0.39, 0.29) is 6.16 Å². The Hall–Kier alpha value is 0.620. The number of unbranched alkanes of at least 4 members (excludes halogenated alkanes) is 5. The van der Waals surface area contributed by atoms with Crippen molar-refractivity contribution in [3.05, 3.63) is 0 Å². The molecule has 4 nitrogen and oxygen atoms in total. The molecule has 0 fully saturated rings. The summed E-state index contributed by atoms with van der Waals surface area (Å²) in [6, 6.07) is 0. The van der Waals surface area contributed by atoms with Crippen molar-refractivity contribution in [1.29, 1.82) is 0 Å². The Labute approximate surface area is 103 Å². The summed E-state index contributed by atoms with van der Waals surface area (Å²) in [4.78, 5) is 26.1. The highest BCUT2D eigenvalue weighted by Gasteiger charge is 2.28. The fraction of sp³-hybridized carbons (Fsp3) is 1.00. The lowest BCUT2D eigenvalue weighted by Crippen LogP contribution is -1.98. The molecule has 0 saturated carbocycles. The van der Waals surface area contributed by atoms with Crippen molar-refractivity contribution >= 4 is 20.0 Å². The highest BCUT2D eigenvalue weighted by Crippen LogP contribution is 2.44. The van der Waals surface area contributed by atoms with E-state index in [4.69, 9.17) is 18.9 Å². The Kier molecular flexibility index (Phi) is 11.2. The molecule has 0 aromatic rings. The highest BCUT2D eigenvalue weighted by atomic mass is 32.2. The van der Waals surface area contributed by atoms with Gasteiger partial charge in [-0.15, -0.1) is 0 Å². The van der Waals surface area contributed by atoms with Gasteiger partial charge in [-0.1, -0.05) is 39.0 Å². The first kappa shape index (κ1) is 16.6. The molecule has 6 heteroatoms. The van der Waals surface area contributed by atoms with E-state index in [0.29, 0.717) is 12.4 Å². The molecule has 0 aliphatic carbocycles. The first-order valence-corrected chi connectivity index (χ1v) is 8.61. The zero-order valence-corrected chi connectivity index (χ0v) is 11.7. The van der Waals surface area contributed by atoms with E-state index in [2.05, 4.69) is 6.92 Å². The normalized spacial score (nSPS) is 12.0. The van der Waals surface area contributed by atoms with E-state index in [9.17, 15) is 0 Å². The molecule has 0 aliphatic rings. The maximum absolute atomic E-state index is 8.69. The van der Waals surface area contributed by atoms with Gasteiger partial charge in [-0.05, 0) is 18.5 Å². The lowest BCUT2D eigenvalue weighted by molar-refractivity contribution is 0.331. The highest BCUT2D eigenvalue weighted by molar-refractivity contribution is 7.95. The maximum Gasteiger partial charge on any atom is 0.404 e. The minimum Gasteiger partial charge on any atom is -0.315 e. The summed E-state index contributed by atoms with van der Waals surface area (Å²) >= 11 is 1.20. The lowest BCUT2D eigenvalue weighted by Gasteiger charge is -2.04. The second-order valence-electron chi connectivity index (χ2n) is 3.83. The maximum atomic E-state index is 8.69. The predicted molar refractivity (Wildman–Crippen MR) is 70.2 cm³/mol. The number of hydrogen-bond acceptors (Lipinski definition) is 5. The van der Waals surface area contributed by atoms with Crippen LogP contribution in [0.4, 0.5) is 0 Å². The van der Waals surface area contributed by atoms with Gasteiger partial charge in [-0.2, -0.15) is 14.7 Å². The molecule has 98 valence electrons. The molecule has 0 heterocycles. The van der Waals surface area contributed by atoms with Crippen LogP contribution in [0.5, 0.6) is 0 Å². The fourth-order valence-electron chi connectivity index (χ4n) is 1.22. The van der Waals surface area contributed by atoms with Crippen molar-refractivity contribution in [3.63, 3.8) is 0 Å². The van der Waals surface area contributed by atoms with Crippen LogP contribution in [0.2, 0.25) is 0 Å². The Morgan fingerprint density at radius 3 is 2.25 bits per heavy atom. The first-order valence-electron chi connectivity index (χ1n) is 5.87. The molecule has 0 rings (SSSR count). The van der Waals surface area contributed by atoms with Crippen LogP contribution in [-0.2, 0) is 4.18 Å². The van der Waals surface area contributed by atoms with Crippen LogP contribution in [0.15, 0.2) is 0 Å². The van der Waals surface area contributed by atoms with E-state index in [1.54, 1.807) is 0 Å². The van der Waals surface area contributed by atoms with Crippen molar-refractivity contribution in [3.8, 4) is 0 Å². The second kappa shape index (κ2) is 10.8. The summed E-state index contributed by atoms with van der Waals surface area (Å²) in [7, 11) is -3.59. The number of rotatable bonds is 11. The van der Waals surface area contributed by atoms with Gasteiger partial charge in [0.2, 0.25) is 0 Å². The molecular weight excluding hydrogens is 247 g/mol. The standard InChI is InChI=1S/C10H24O4PS/c1-2-3-4-5-6-7-8-14-16-10-9-15(11,12)13/h11-13H,2-10H2,1H3/q+1. The van der Waals surface area contributed by atoms with Gasteiger partial charge >= 0.3 is 7.94 Å². The second-order valence-corrected chi connectivity index (χ2v) is 6.54. The van der Waals surface area contributed by atoms with Gasteiger partial charge in [0.05, 0.1) is 12.4 Å². The molecule has 0 radical (unpaired) electrons. The molecule has 0 aliphatic heterocycles. The van der Waals surface area contributed by atoms with E-state index in [1.807, 2.05) is 0 Å². The average molecular weight is 271 g/mol. The van der Waals surface area contributed by atoms with Gasteiger partial charge in [0.1, 0.15) is 0 Å². The monoisotopic (exact) mass is 271 g/mol. The lowest BCUT2D eigenvalue weighted by atomic mass is 10.1. The Morgan fingerprint density at radius 2 is 1.62 bits per heavy atom. The van der Waals surface area contributed by atoms with Gasteiger partial charge in [-0.3, -0.25) is 0 Å². The van der Waals surface area contributed by atoms with Crippen LogP contribution in [0, 0.1) is 0 Å². The third-order valence-electron chi connectivity index (χ3n) is 2.14. The quantitative estimate of drug-likeness (QED) is 0.306. The van der Waals surface area contributed by atoms with Gasteiger partial charge < -0.3 is 4.18 Å². The largest absolute Gasteiger partial charge is 0.404 e. The van der Waals surface area contributed by atoms with E-state index >= 15 is 0 Å². The zero-order chi connectivity index (χ0) is 12.3. The van der Waals surface area contributed by atoms with Crippen molar-refractivity contribution in [2.45, 2.75) is 45.4 Å². The Morgan fingerprint density at radius 1 is 1.00 bits per heavy atom. The number of hydrogen-bond donors (Lipinski definition) is 3. The first-order chi connectivity index (χ1) is 7.56. The average Bonchev–Trinajstić information content (AvgIpc) is 2.19. The molecule has 3 N–H and O–H groups in total. The molecule has 0 atom stereocenters. The summed E-state index contributed by atoms with van der Waals surface area (Å²) in [6.07, 6.45) is 7.39. The Balaban J connectivity index is 2.99. The molecule has 0 aromatic heterocycles. The van der Waals surface area contributed by atoms with Crippen LogP contribution in [0.25, 0.3) is 0 Å². The summed E-state index contributed by atoms with van der Waals surface area (Å²) in [5, 5.41) is 0. The minimum absolute atomic E-state index is 0.00810. The molecule has 0 bridgehead atoms. The summed E-state index contributed by atoms with van der Waals surface area (Å²) in [5.41, 5.74) is 0. The molecule has 0 aromatic carbocycles. The third kappa shape index (κ3) is 14.6. The summed E-state index contributed by atoms with van der Waals surface area (Å²) in [6.45, 7) is 2.90. The van der Waals surface area contributed by atoms with Crippen LogP contribution < -0.4 is 0 Å². The van der Waals surface area contributed by atoms with Crippen molar-refractivity contribution in [1.82, 2.24) is 0 Å². The van der Waals surface area contributed by atoms with Crippen molar-refractivity contribution < 1.29 is 18.9 Å². The molecule has 0 saturated heterocycles. The molecule has 0 unspecified atom stereocenters.